The molecule has 2 aliphatic heterocycles. The molecule has 1 atom stereocenters. The second-order valence-electron chi connectivity index (χ2n) is 7.01. The largest absolute Gasteiger partial charge is 0.494 e. The third kappa shape index (κ3) is 6.02. The number of hydrogen-bond donors (Lipinski definition) is 3. The van der Waals surface area contributed by atoms with E-state index in [1.54, 1.807) is 0 Å². The lowest BCUT2D eigenvalue weighted by atomic mass is 9.77. The molecule has 1 amide bonds. The van der Waals surface area contributed by atoms with Gasteiger partial charge in [0.25, 0.3) is 0 Å². The maximum atomic E-state index is 12.4. The summed E-state index contributed by atoms with van der Waals surface area (Å²) in [6.07, 6.45) is 4.18. The minimum absolute atomic E-state index is 0. The van der Waals surface area contributed by atoms with Crippen molar-refractivity contribution in [2.45, 2.75) is 38.6 Å². The Kier molecular flexibility index (Phi) is 9.72. The van der Waals surface area contributed by atoms with Crippen molar-refractivity contribution in [3.63, 3.8) is 0 Å². The molecule has 1 unspecified atom stereocenters. The van der Waals surface area contributed by atoms with Gasteiger partial charge in [0.1, 0.15) is 5.75 Å². The number of carbonyl (C=O) groups excluding carboxylic acids is 1. The summed E-state index contributed by atoms with van der Waals surface area (Å²) in [5, 5.41) is 9.92. The molecular formula is C19H31Cl2N3O2. The first kappa shape index (κ1) is 23.0. The van der Waals surface area contributed by atoms with Gasteiger partial charge in [-0.05, 0) is 68.8 Å². The van der Waals surface area contributed by atoms with Gasteiger partial charge in [0.2, 0.25) is 5.91 Å². The van der Waals surface area contributed by atoms with Crippen molar-refractivity contribution in [2.24, 2.45) is 5.41 Å². The molecule has 2 aliphatic rings. The number of benzene rings is 1. The first-order valence-electron chi connectivity index (χ1n) is 9.14. The molecule has 26 heavy (non-hydrogen) atoms. The van der Waals surface area contributed by atoms with E-state index in [0.29, 0.717) is 18.6 Å². The van der Waals surface area contributed by atoms with Gasteiger partial charge < -0.3 is 20.7 Å². The molecule has 0 aliphatic carbocycles. The highest BCUT2D eigenvalue weighted by Gasteiger charge is 2.41. The lowest BCUT2D eigenvalue weighted by Gasteiger charge is -2.33. The zero-order chi connectivity index (χ0) is 16.8. The Labute approximate surface area is 168 Å². The maximum Gasteiger partial charge on any atom is 0.237 e. The number of rotatable bonds is 6. The van der Waals surface area contributed by atoms with Gasteiger partial charge in [-0.25, -0.2) is 0 Å². The van der Waals surface area contributed by atoms with Crippen LogP contribution >= 0.6 is 24.8 Å². The van der Waals surface area contributed by atoms with E-state index in [2.05, 4.69) is 28.1 Å². The van der Waals surface area contributed by atoms with E-state index < -0.39 is 0 Å². The number of hydrogen-bond acceptors (Lipinski definition) is 4. The predicted octanol–water partition coefficient (Wildman–Crippen LogP) is 2.32. The van der Waals surface area contributed by atoms with Crippen molar-refractivity contribution >= 4 is 30.7 Å². The minimum Gasteiger partial charge on any atom is -0.494 e. The van der Waals surface area contributed by atoms with Gasteiger partial charge in [-0.15, -0.1) is 24.8 Å². The Bertz CT molecular complexity index is 548. The zero-order valence-corrected chi connectivity index (χ0v) is 17.0. The summed E-state index contributed by atoms with van der Waals surface area (Å²) in [5.41, 5.74) is 1.55. The van der Waals surface area contributed by atoms with Gasteiger partial charge in [0, 0.05) is 13.1 Å². The van der Waals surface area contributed by atoms with Crippen LogP contribution in [0.4, 0.5) is 0 Å². The van der Waals surface area contributed by atoms with Crippen molar-refractivity contribution in [3.8, 4) is 5.75 Å². The maximum absolute atomic E-state index is 12.4. The lowest BCUT2D eigenvalue weighted by Crippen LogP contribution is -2.41. The number of nitrogens with one attached hydrogen (secondary N) is 3. The molecule has 1 aromatic carbocycles. The molecule has 0 saturated carbocycles. The van der Waals surface area contributed by atoms with Crippen LogP contribution in [0, 0.1) is 5.41 Å². The van der Waals surface area contributed by atoms with Crippen molar-refractivity contribution in [3.05, 3.63) is 29.8 Å². The molecule has 5 nitrogen and oxygen atoms in total. The molecule has 2 heterocycles. The molecule has 2 fully saturated rings. The van der Waals surface area contributed by atoms with Crippen LogP contribution < -0.4 is 20.7 Å². The molecule has 0 aromatic heterocycles. The van der Waals surface area contributed by atoms with E-state index in [1.165, 1.54) is 18.4 Å². The molecule has 3 rings (SSSR count). The van der Waals surface area contributed by atoms with E-state index in [1.807, 2.05) is 19.1 Å². The minimum atomic E-state index is -0.0246. The van der Waals surface area contributed by atoms with E-state index in [9.17, 15) is 4.79 Å². The Morgan fingerprint density at radius 2 is 1.92 bits per heavy atom. The molecule has 7 heteroatoms. The van der Waals surface area contributed by atoms with Gasteiger partial charge in [0.05, 0.1) is 12.6 Å². The van der Waals surface area contributed by atoms with Crippen molar-refractivity contribution in [2.75, 3.05) is 32.8 Å². The second kappa shape index (κ2) is 11.0. The van der Waals surface area contributed by atoms with E-state index >= 15 is 0 Å². The fraction of sp³-hybridized carbons (Fsp3) is 0.632. The number of halogens is 2. The van der Waals surface area contributed by atoms with Crippen LogP contribution in [-0.4, -0.2) is 44.7 Å². The highest BCUT2D eigenvalue weighted by molar-refractivity contribution is 5.85. The molecule has 0 bridgehead atoms. The second-order valence-corrected chi connectivity index (χ2v) is 7.01. The topological polar surface area (TPSA) is 62.4 Å². The van der Waals surface area contributed by atoms with E-state index in [4.69, 9.17) is 4.74 Å². The van der Waals surface area contributed by atoms with E-state index in [0.717, 1.165) is 38.2 Å². The van der Waals surface area contributed by atoms with Crippen LogP contribution in [0.25, 0.3) is 0 Å². The Morgan fingerprint density at radius 3 is 2.58 bits per heavy atom. The highest BCUT2D eigenvalue weighted by atomic mass is 35.5. The van der Waals surface area contributed by atoms with Crippen LogP contribution in [0.2, 0.25) is 0 Å². The fourth-order valence-corrected chi connectivity index (χ4v) is 3.81. The first-order chi connectivity index (χ1) is 11.7. The Balaban J connectivity index is 0.00000169. The van der Waals surface area contributed by atoms with Crippen LogP contribution in [0.15, 0.2) is 24.3 Å². The van der Waals surface area contributed by atoms with Gasteiger partial charge >= 0.3 is 0 Å². The molecule has 148 valence electrons. The third-order valence-corrected chi connectivity index (χ3v) is 5.29. The van der Waals surface area contributed by atoms with Gasteiger partial charge in [-0.1, -0.05) is 12.1 Å². The summed E-state index contributed by atoms with van der Waals surface area (Å²) < 4.78 is 5.44. The summed E-state index contributed by atoms with van der Waals surface area (Å²) in [5.74, 6) is 1.05. The quantitative estimate of drug-likeness (QED) is 0.681. The van der Waals surface area contributed by atoms with Crippen LogP contribution in [0.1, 0.15) is 31.7 Å². The average Bonchev–Trinajstić information content (AvgIpc) is 3.01. The zero-order valence-electron chi connectivity index (χ0n) is 15.4. The summed E-state index contributed by atoms with van der Waals surface area (Å²) in [4.78, 5) is 12.4. The monoisotopic (exact) mass is 403 g/mol. The fourth-order valence-electron chi connectivity index (χ4n) is 3.81. The third-order valence-electron chi connectivity index (χ3n) is 5.29. The molecule has 2 saturated heterocycles. The van der Waals surface area contributed by atoms with Gasteiger partial charge in [-0.3, -0.25) is 4.79 Å². The number of ether oxygens (including phenoxy) is 1. The van der Waals surface area contributed by atoms with Crippen LogP contribution in [-0.2, 0) is 11.2 Å². The van der Waals surface area contributed by atoms with Crippen molar-refractivity contribution in [1.29, 1.82) is 0 Å². The Hall–Kier alpha value is -1.01. The summed E-state index contributed by atoms with van der Waals surface area (Å²) >= 11 is 0. The lowest BCUT2D eigenvalue weighted by molar-refractivity contribution is -0.122. The predicted molar refractivity (Wildman–Crippen MR) is 110 cm³/mol. The summed E-state index contributed by atoms with van der Waals surface area (Å²) in [7, 11) is 0. The van der Waals surface area contributed by atoms with Gasteiger partial charge in [0.15, 0.2) is 0 Å². The normalized spacial score (nSPS) is 20.7. The van der Waals surface area contributed by atoms with Crippen LogP contribution in [0.5, 0.6) is 5.75 Å². The molecule has 3 N–H and O–H groups in total. The Morgan fingerprint density at radius 1 is 1.23 bits per heavy atom. The average molecular weight is 404 g/mol. The smallest absolute Gasteiger partial charge is 0.237 e. The first-order valence-corrected chi connectivity index (χ1v) is 9.14. The van der Waals surface area contributed by atoms with Crippen molar-refractivity contribution < 1.29 is 9.53 Å². The number of piperidine rings is 1. The molecule has 0 radical (unpaired) electrons. The summed E-state index contributed by atoms with van der Waals surface area (Å²) in [6, 6.07) is 8.08. The molecule has 1 aromatic rings. The standard InChI is InChI=1S/C19H29N3O2.2ClH/c1-2-24-16-5-3-15(4-6-16)7-10-21-18(23)17-13-19(14-22-17)8-11-20-12-9-19;;/h3-6,17,20,22H,2,7-14H2,1H3,(H,21,23);2*1H. The van der Waals surface area contributed by atoms with E-state index in [-0.39, 0.29) is 36.8 Å². The van der Waals surface area contributed by atoms with Crippen LogP contribution in [0.3, 0.4) is 0 Å². The number of amides is 1. The molecular weight excluding hydrogens is 373 g/mol. The molecule has 1 spiro atoms. The van der Waals surface area contributed by atoms with Crippen molar-refractivity contribution in [1.82, 2.24) is 16.0 Å². The summed E-state index contributed by atoms with van der Waals surface area (Å²) in [6.45, 7) is 6.47. The number of carbonyl (C=O) groups is 1. The van der Waals surface area contributed by atoms with Gasteiger partial charge in [-0.2, -0.15) is 0 Å². The SMILES string of the molecule is CCOc1ccc(CCNC(=O)C2CC3(CCNCC3)CN2)cc1.Cl.Cl. The highest BCUT2D eigenvalue weighted by Crippen LogP contribution is 2.37.